The van der Waals surface area contributed by atoms with Gasteiger partial charge in [-0.2, -0.15) is 0 Å². The Morgan fingerprint density at radius 2 is 2.44 bits per heavy atom. The van der Waals surface area contributed by atoms with E-state index >= 15 is 0 Å². The summed E-state index contributed by atoms with van der Waals surface area (Å²) in [4.78, 5) is 11.4. The average Bonchev–Trinajstić information content (AvgIpc) is 2.42. The molecule has 0 bridgehead atoms. The molecule has 96 valence electrons. The van der Waals surface area contributed by atoms with Crippen LogP contribution < -0.4 is 15.4 Å². The summed E-state index contributed by atoms with van der Waals surface area (Å²) in [5.41, 5.74) is 2.28. The molecule has 0 aromatic heterocycles. The Morgan fingerprint density at radius 1 is 1.56 bits per heavy atom. The maximum Gasteiger partial charge on any atom is 0.258 e. The molecule has 1 aromatic carbocycles. The molecular formula is C14H18N2O2. The highest BCUT2D eigenvalue weighted by atomic mass is 16.5. The summed E-state index contributed by atoms with van der Waals surface area (Å²) in [6, 6.07) is 5.94. The number of rotatable bonds is 5. The summed E-state index contributed by atoms with van der Waals surface area (Å²) in [5, 5.41) is 6.01. The van der Waals surface area contributed by atoms with Crippen LogP contribution in [0.2, 0.25) is 0 Å². The van der Waals surface area contributed by atoms with Crippen LogP contribution in [-0.2, 0) is 11.2 Å². The number of fused-ring (bicyclic) bond motifs is 1. The summed E-state index contributed by atoms with van der Waals surface area (Å²) in [5.74, 6) is 0.615. The zero-order valence-corrected chi connectivity index (χ0v) is 10.4. The van der Waals surface area contributed by atoms with Crippen molar-refractivity contribution in [2.45, 2.75) is 12.8 Å². The van der Waals surface area contributed by atoms with Gasteiger partial charge in [0, 0.05) is 13.1 Å². The van der Waals surface area contributed by atoms with Crippen LogP contribution >= 0.6 is 0 Å². The average molecular weight is 246 g/mol. The number of benzene rings is 1. The lowest BCUT2D eigenvalue weighted by atomic mass is 10.0. The number of aryl methyl sites for hydroxylation is 1. The van der Waals surface area contributed by atoms with Crippen LogP contribution in [0.1, 0.15) is 12.0 Å². The highest BCUT2D eigenvalue weighted by Crippen LogP contribution is 2.31. The molecule has 0 saturated heterocycles. The molecule has 0 spiro atoms. The predicted octanol–water partition coefficient (Wildman–Crippen LogP) is 1.73. The summed E-state index contributed by atoms with van der Waals surface area (Å²) in [6.07, 6.45) is 3.84. The maximum absolute atomic E-state index is 11.4. The van der Waals surface area contributed by atoms with Gasteiger partial charge in [0.1, 0.15) is 5.75 Å². The predicted molar refractivity (Wildman–Crippen MR) is 72.0 cm³/mol. The fraction of sp³-hybridized carbons (Fsp3) is 0.357. The summed E-state index contributed by atoms with van der Waals surface area (Å²) >= 11 is 0. The molecule has 2 N–H and O–H groups in total. The van der Waals surface area contributed by atoms with Crippen LogP contribution in [0.15, 0.2) is 30.9 Å². The van der Waals surface area contributed by atoms with Crippen molar-refractivity contribution in [1.82, 2.24) is 5.32 Å². The van der Waals surface area contributed by atoms with Gasteiger partial charge in [-0.15, -0.1) is 6.58 Å². The Hall–Kier alpha value is -1.97. The molecule has 1 amide bonds. The number of ether oxygens (including phenoxy) is 1. The smallest absolute Gasteiger partial charge is 0.258 e. The van der Waals surface area contributed by atoms with Crippen molar-refractivity contribution >= 4 is 11.6 Å². The maximum atomic E-state index is 11.4. The molecule has 4 nitrogen and oxygen atoms in total. The number of amides is 1. The zero-order chi connectivity index (χ0) is 12.8. The van der Waals surface area contributed by atoms with Crippen LogP contribution in [0, 0.1) is 0 Å². The molecule has 1 aliphatic heterocycles. The summed E-state index contributed by atoms with van der Waals surface area (Å²) < 4.78 is 5.55. The van der Waals surface area contributed by atoms with Crippen molar-refractivity contribution < 1.29 is 9.53 Å². The van der Waals surface area contributed by atoms with Crippen molar-refractivity contribution in [3.05, 3.63) is 36.4 Å². The van der Waals surface area contributed by atoms with E-state index in [1.54, 1.807) is 6.08 Å². The van der Waals surface area contributed by atoms with Crippen LogP contribution in [0.25, 0.3) is 0 Å². The number of para-hydroxylation sites is 1. The van der Waals surface area contributed by atoms with Gasteiger partial charge in [0.15, 0.2) is 6.61 Å². The largest absolute Gasteiger partial charge is 0.482 e. The Balaban J connectivity index is 1.97. The van der Waals surface area contributed by atoms with E-state index in [1.165, 1.54) is 5.56 Å². The minimum Gasteiger partial charge on any atom is -0.482 e. The highest BCUT2D eigenvalue weighted by molar-refractivity contribution is 5.78. The zero-order valence-electron chi connectivity index (χ0n) is 10.4. The quantitative estimate of drug-likeness (QED) is 0.778. The van der Waals surface area contributed by atoms with Gasteiger partial charge in [-0.3, -0.25) is 4.79 Å². The molecule has 0 atom stereocenters. The lowest BCUT2D eigenvalue weighted by Gasteiger charge is -2.20. The minimum atomic E-state index is -0.136. The van der Waals surface area contributed by atoms with Crippen LogP contribution in [0.4, 0.5) is 5.69 Å². The summed E-state index contributed by atoms with van der Waals surface area (Å²) in [6.45, 7) is 5.00. The molecule has 0 saturated carbocycles. The fourth-order valence-corrected chi connectivity index (χ4v) is 1.98. The van der Waals surface area contributed by atoms with Gasteiger partial charge in [0.2, 0.25) is 0 Å². The number of hydrogen-bond acceptors (Lipinski definition) is 3. The molecular weight excluding hydrogens is 228 g/mol. The Morgan fingerprint density at radius 3 is 3.28 bits per heavy atom. The van der Waals surface area contributed by atoms with Gasteiger partial charge >= 0.3 is 0 Å². The number of carbonyl (C=O) groups excluding carboxylic acids is 1. The molecule has 18 heavy (non-hydrogen) atoms. The van der Waals surface area contributed by atoms with Crippen molar-refractivity contribution in [1.29, 1.82) is 0 Å². The van der Waals surface area contributed by atoms with E-state index in [9.17, 15) is 4.79 Å². The molecule has 0 radical (unpaired) electrons. The van der Waals surface area contributed by atoms with Crippen molar-refractivity contribution in [2.24, 2.45) is 0 Å². The number of nitrogens with one attached hydrogen (secondary N) is 2. The Labute approximate surface area is 107 Å². The minimum absolute atomic E-state index is 0.0337. The first-order chi connectivity index (χ1) is 8.81. The molecule has 4 heteroatoms. The highest BCUT2D eigenvalue weighted by Gasteiger charge is 2.13. The lowest BCUT2D eigenvalue weighted by molar-refractivity contribution is -0.122. The molecule has 0 aliphatic carbocycles. The molecule has 1 aromatic rings. The second-order valence-corrected chi connectivity index (χ2v) is 4.20. The van der Waals surface area contributed by atoms with E-state index in [0.29, 0.717) is 6.54 Å². The van der Waals surface area contributed by atoms with E-state index in [2.05, 4.69) is 23.3 Å². The van der Waals surface area contributed by atoms with Crippen LogP contribution in [0.3, 0.4) is 0 Å². The van der Waals surface area contributed by atoms with E-state index < -0.39 is 0 Å². The number of carbonyl (C=O) groups is 1. The number of hydrogen-bond donors (Lipinski definition) is 2. The normalized spacial score (nSPS) is 13.1. The van der Waals surface area contributed by atoms with Gasteiger partial charge < -0.3 is 15.4 Å². The SMILES string of the molecule is C=CCNC(=O)COc1cccc2c1NCCC2. The van der Waals surface area contributed by atoms with E-state index in [-0.39, 0.29) is 12.5 Å². The van der Waals surface area contributed by atoms with Gasteiger partial charge in [0.05, 0.1) is 5.69 Å². The van der Waals surface area contributed by atoms with E-state index in [0.717, 1.165) is 30.8 Å². The van der Waals surface area contributed by atoms with Crippen LogP contribution in [-0.4, -0.2) is 25.6 Å². The Kier molecular flexibility index (Phi) is 4.23. The van der Waals surface area contributed by atoms with Crippen molar-refractivity contribution in [2.75, 3.05) is 25.0 Å². The molecule has 0 fully saturated rings. The van der Waals surface area contributed by atoms with Gasteiger partial charge in [-0.25, -0.2) is 0 Å². The molecule has 1 aliphatic rings. The monoisotopic (exact) mass is 246 g/mol. The molecule has 1 heterocycles. The second-order valence-electron chi connectivity index (χ2n) is 4.20. The topological polar surface area (TPSA) is 50.4 Å². The first kappa shape index (κ1) is 12.5. The lowest BCUT2D eigenvalue weighted by Crippen LogP contribution is -2.29. The first-order valence-corrected chi connectivity index (χ1v) is 6.17. The first-order valence-electron chi connectivity index (χ1n) is 6.17. The van der Waals surface area contributed by atoms with Crippen molar-refractivity contribution in [3.8, 4) is 5.75 Å². The molecule has 0 unspecified atom stereocenters. The summed E-state index contributed by atoms with van der Waals surface area (Å²) in [7, 11) is 0. The van der Waals surface area contributed by atoms with E-state index in [1.807, 2.05) is 12.1 Å². The second kappa shape index (κ2) is 6.10. The third-order valence-electron chi connectivity index (χ3n) is 2.84. The van der Waals surface area contributed by atoms with Crippen LogP contribution in [0.5, 0.6) is 5.75 Å². The standard InChI is InChI=1S/C14H18N2O2/c1-2-8-15-13(17)10-18-12-7-3-5-11-6-4-9-16-14(11)12/h2-3,5,7,16H,1,4,6,8-10H2,(H,15,17). The Bertz CT molecular complexity index is 443. The van der Waals surface area contributed by atoms with Gasteiger partial charge in [-0.05, 0) is 24.5 Å². The van der Waals surface area contributed by atoms with E-state index in [4.69, 9.17) is 4.74 Å². The molecule has 2 rings (SSSR count). The van der Waals surface area contributed by atoms with Gasteiger partial charge in [-0.1, -0.05) is 18.2 Å². The number of anilines is 1. The third kappa shape index (κ3) is 3.03. The fourth-order valence-electron chi connectivity index (χ4n) is 1.98. The third-order valence-corrected chi connectivity index (χ3v) is 2.84. The van der Waals surface area contributed by atoms with Crippen molar-refractivity contribution in [3.63, 3.8) is 0 Å². The van der Waals surface area contributed by atoms with Gasteiger partial charge in [0.25, 0.3) is 5.91 Å².